The molecular formula is C29H26N4O4S. The molecule has 192 valence electrons. The number of aromatic amines is 1. The van der Waals surface area contributed by atoms with Crippen LogP contribution in [0.5, 0.6) is 11.5 Å². The third-order valence-corrected chi connectivity index (χ3v) is 6.80. The first-order valence-electron chi connectivity index (χ1n) is 12.1. The number of nitrogens with one attached hydrogen (secondary N) is 2. The van der Waals surface area contributed by atoms with Crippen LogP contribution in [0.15, 0.2) is 95.0 Å². The van der Waals surface area contributed by atoms with Gasteiger partial charge in [0.15, 0.2) is 5.16 Å². The first kappa shape index (κ1) is 25.2. The largest absolute Gasteiger partial charge is 0.497 e. The second-order valence-corrected chi connectivity index (χ2v) is 9.26. The quantitative estimate of drug-likeness (QED) is 0.194. The molecule has 0 atom stereocenters. The van der Waals surface area contributed by atoms with E-state index in [2.05, 4.69) is 10.3 Å². The number of amides is 1. The zero-order valence-corrected chi connectivity index (χ0v) is 21.7. The molecule has 0 aliphatic rings. The first-order chi connectivity index (χ1) is 18.6. The average Bonchev–Trinajstić information content (AvgIpc) is 3.38. The summed E-state index contributed by atoms with van der Waals surface area (Å²) in [6, 6.07) is 24.1. The van der Waals surface area contributed by atoms with Gasteiger partial charge in [-0.15, -0.1) is 0 Å². The monoisotopic (exact) mass is 526 g/mol. The molecule has 2 N–H and O–H groups in total. The highest BCUT2D eigenvalue weighted by Crippen LogP contribution is 2.29. The summed E-state index contributed by atoms with van der Waals surface area (Å²) in [4.78, 5) is 34.5. The number of carbonyl (C=O) groups is 1. The lowest BCUT2D eigenvalue weighted by molar-refractivity contribution is -0.113. The van der Waals surface area contributed by atoms with Crippen molar-refractivity contribution in [3.05, 3.63) is 95.4 Å². The van der Waals surface area contributed by atoms with E-state index in [1.165, 1.54) is 16.3 Å². The number of fused-ring (bicyclic) bond motifs is 1. The van der Waals surface area contributed by atoms with Gasteiger partial charge >= 0.3 is 0 Å². The number of anilines is 1. The lowest BCUT2D eigenvalue weighted by Gasteiger charge is -2.13. The van der Waals surface area contributed by atoms with Gasteiger partial charge in [-0.05, 0) is 61.0 Å². The Morgan fingerprint density at radius 3 is 2.39 bits per heavy atom. The molecule has 0 spiro atoms. The fourth-order valence-corrected chi connectivity index (χ4v) is 4.87. The summed E-state index contributed by atoms with van der Waals surface area (Å²) >= 11 is 1.20. The van der Waals surface area contributed by atoms with E-state index in [9.17, 15) is 9.59 Å². The zero-order chi connectivity index (χ0) is 26.5. The number of rotatable bonds is 9. The van der Waals surface area contributed by atoms with E-state index in [-0.39, 0.29) is 17.2 Å². The van der Waals surface area contributed by atoms with Gasteiger partial charge in [0, 0.05) is 17.4 Å². The summed E-state index contributed by atoms with van der Waals surface area (Å²) in [5.74, 6) is 1.25. The van der Waals surface area contributed by atoms with Crippen molar-refractivity contribution in [1.29, 1.82) is 0 Å². The topological polar surface area (TPSA) is 98.2 Å². The summed E-state index contributed by atoms with van der Waals surface area (Å²) < 4.78 is 12.2. The number of hydrogen-bond donors (Lipinski definition) is 2. The molecule has 1 amide bonds. The average molecular weight is 527 g/mol. The molecule has 5 aromatic rings. The Morgan fingerprint density at radius 2 is 1.71 bits per heavy atom. The molecule has 0 saturated carbocycles. The van der Waals surface area contributed by atoms with Crippen LogP contribution >= 0.6 is 11.8 Å². The summed E-state index contributed by atoms with van der Waals surface area (Å²) in [6.07, 6.45) is 1.79. The van der Waals surface area contributed by atoms with Crippen LogP contribution in [0.1, 0.15) is 6.92 Å². The molecule has 0 saturated heterocycles. The van der Waals surface area contributed by atoms with Crippen molar-refractivity contribution in [3.8, 4) is 28.3 Å². The molecule has 0 fully saturated rings. The van der Waals surface area contributed by atoms with Gasteiger partial charge < -0.3 is 19.8 Å². The molecule has 0 bridgehead atoms. The predicted octanol–water partition coefficient (Wildman–Crippen LogP) is 5.52. The molecule has 5 rings (SSSR count). The van der Waals surface area contributed by atoms with E-state index < -0.39 is 0 Å². The number of H-pyrrole nitrogens is 1. The van der Waals surface area contributed by atoms with Crippen LogP contribution in [0.4, 0.5) is 5.69 Å². The predicted molar refractivity (Wildman–Crippen MR) is 151 cm³/mol. The van der Waals surface area contributed by atoms with Crippen molar-refractivity contribution in [2.24, 2.45) is 0 Å². The van der Waals surface area contributed by atoms with Crippen LogP contribution in [0.25, 0.3) is 27.8 Å². The normalized spacial score (nSPS) is 10.9. The molecule has 9 heteroatoms. The minimum atomic E-state index is -0.251. The molecule has 2 aromatic heterocycles. The second kappa shape index (κ2) is 11.3. The molecule has 0 aliphatic heterocycles. The molecule has 3 aromatic carbocycles. The lowest BCUT2D eigenvalue weighted by atomic mass is 10.1. The van der Waals surface area contributed by atoms with Gasteiger partial charge in [0.05, 0.1) is 25.2 Å². The number of aromatic nitrogens is 3. The molecule has 2 heterocycles. The van der Waals surface area contributed by atoms with Crippen molar-refractivity contribution in [3.63, 3.8) is 0 Å². The van der Waals surface area contributed by atoms with Crippen LogP contribution in [0, 0.1) is 0 Å². The number of methoxy groups -OCH3 is 1. The number of benzene rings is 3. The van der Waals surface area contributed by atoms with Gasteiger partial charge in [-0.25, -0.2) is 4.98 Å². The third kappa shape index (κ3) is 5.28. The zero-order valence-electron chi connectivity index (χ0n) is 20.9. The maximum atomic E-state index is 13.7. The molecular weight excluding hydrogens is 500 g/mol. The van der Waals surface area contributed by atoms with E-state index in [1.807, 2.05) is 61.5 Å². The van der Waals surface area contributed by atoms with E-state index in [0.717, 1.165) is 11.1 Å². The standard InChI is InChI=1S/C29H26N4O4S/c1-3-37-23-15-11-21(12-16-23)33-28(35)27-26(24(17-30-27)19-7-5-4-6-8-19)32-29(33)38-18-25(34)31-20-9-13-22(36-2)14-10-20/h4-17,30H,3,18H2,1-2H3,(H,31,34). The van der Waals surface area contributed by atoms with Crippen molar-refractivity contribution < 1.29 is 14.3 Å². The number of hydrogen-bond acceptors (Lipinski definition) is 6. The number of carbonyl (C=O) groups excluding carboxylic acids is 1. The van der Waals surface area contributed by atoms with Crippen molar-refractivity contribution in [2.45, 2.75) is 12.1 Å². The SMILES string of the molecule is CCOc1ccc(-n2c(SCC(=O)Nc3ccc(OC)cc3)nc3c(-c4ccccc4)c[nH]c3c2=O)cc1. The summed E-state index contributed by atoms with van der Waals surface area (Å²) in [5.41, 5.74) is 3.74. The summed E-state index contributed by atoms with van der Waals surface area (Å²) in [7, 11) is 1.59. The Bertz CT molecular complexity index is 1610. The fourth-order valence-electron chi connectivity index (χ4n) is 4.06. The van der Waals surface area contributed by atoms with Crippen molar-refractivity contribution in [1.82, 2.24) is 14.5 Å². The second-order valence-electron chi connectivity index (χ2n) is 8.32. The van der Waals surface area contributed by atoms with E-state index in [0.29, 0.717) is 45.7 Å². The van der Waals surface area contributed by atoms with Crippen molar-refractivity contribution in [2.75, 3.05) is 24.8 Å². The Hall–Kier alpha value is -4.50. The molecule has 0 radical (unpaired) electrons. The maximum absolute atomic E-state index is 13.7. The maximum Gasteiger partial charge on any atom is 0.283 e. The van der Waals surface area contributed by atoms with E-state index in [1.54, 1.807) is 37.6 Å². The van der Waals surface area contributed by atoms with Crippen LogP contribution in [-0.4, -0.2) is 39.9 Å². The van der Waals surface area contributed by atoms with Crippen LogP contribution in [-0.2, 0) is 4.79 Å². The molecule has 0 unspecified atom stereocenters. The number of thioether (sulfide) groups is 1. The lowest BCUT2D eigenvalue weighted by Crippen LogP contribution is -2.23. The smallest absolute Gasteiger partial charge is 0.283 e. The highest BCUT2D eigenvalue weighted by atomic mass is 32.2. The van der Waals surface area contributed by atoms with Crippen LogP contribution in [0.2, 0.25) is 0 Å². The minimum absolute atomic E-state index is 0.0616. The molecule has 8 nitrogen and oxygen atoms in total. The Kier molecular flexibility index (Phi) is 7.46. The van der Waals surface area contributed by atoms with E-state index >= 15 is 0 Å². The minimum Gasteiger partial charge on any atom is -0.497 e. The Balaban J connectivity index is 1.51. The van der Waals surface area contributed by atoms with Crippen LogP contribution in [0.3, 0.4) is 0 Å². The fraction of sp³-hybridized carbons (Fsp3) is 0.138. The first-order valence-corrected chi connectivity index (χ1v) is 13.1. The third-order valence-electron chi connectivity index (χ3n) is 5.87. The molecule has 38 heavy (non-hydrogen) atoms. The Labute approximate surface area is 223 Å². The molecule has 0 aliphatic carbocycles. The number of nitrogens with zero attached hydrogens (tertiary/aromatic N) is 2. The van der Waals surface area contributed by atoms with Gasteiger partial charge in [0.2, 0.25) is 5.91 Å². The van der Waals surface area contributed by atoms with Gasteiger partial charge in [-0.1, -0.05) is 42.1 Å². The van der Waals surface area contributed by atoms with Gasteiger partial charge in [-0.3, -0.25) is 14.2 Å². The Morgan fingerprint density at radius 1 is 1.00 bits per heavy atom. The number of ether oxygens (including phenoxy) is 2. The summed E-state index contributed by atoms with van der Waals surface area (Å²) in [5, 5.41) is 3.29. The van der Waals surface area contributed by atoms with E-state index in [4.69, 9.17) is 14.5 Å². The van der Waals surface area contributed by atoms with Crippen LogP contribution < -0.4 is 20.3 Å². The highest BCUT2D eigenvalue weighted by molar-refractivity contribution is 7.99. The van der Waals surface area contributed by atoms with Gasteiger partial charge in [-0.2, -0.15) is 0 Å². The van der Waals surface area contributed by atoms with Crippen molar-refractivity contribution >= 4 is 34.4 Å². The van der Waals surface area contributed by atoms with Gasteiger partial charge in [0.25, 0.3) is 5.56 Å². The summed E-state index contributed by atoms with van der Waals surface area (Å²) in [6.45, 7) is 2.46. The van der Waals surface area contributed by atoms with Gasteiger partial charge in [0.1, 0.15) is 22.5 Å². The highest BCUT2D eigenvalue weighted by Gasteiger charge is 2.19.